The minimum atomic E-state index is 0.163. The van der Waals surface area contributed by atoms with Gasteiger partial charge in [0.15, 0.2) is 0 Å². The van der Waals surface area contributed by atoms with Crippen LogP contribution >= 0.6 is 15.9 Å². The Morgan fingerprint density at radius 2 is 2.23 bits per heavy atom. The lowest BCUT2D eigenvalue weighted by Crippen LogP contribution is -2.46. The number of aliphatic hydroxyl groups excluding tert-OH is 1. The fourth-order valence-electron chi connectivity index (χ4n) is 4.28. The van der Waals surface area contributed by atoms with Crippen molar-refractivity contribution < 1.29 is 5.11 Å². The highest BCUT2D eigenvalue weighted by Gasteiger charge is 2.37. The Balaban J connectivity index is 1.97. The fourth-order valence-corrected chi connectivity index (χ4v) is 4.76. The molecule has 2 heterocycles. The van der Waals surface area contributed by atoms with Crippen LogP contribution in [0, 0.1) is 6.92 Å². The number of nitrogens with zero attached hydrogens (tertiary/aromatic N) is 1. The van der Waals surface area contributed by atoms with E-state index in [0.717, 1.165) is 29.6 Å². The summed E-state index contributed by atoms with van der Waals surface area (Å²) in [6.07, 6.45) is 3.40. The van der Waals surface area contributed by atoms with Gasteiger partial charge in [-0.15, -0.1) is 0 Å². The van der Waals surface area contributed by atoms with Crippen LogP contribution in [0.25, 0.3) is 10.9 Å². The van der Waals surface area contributed by atoms with Gasteiger partial charge in [-0.25, -0.2) is 0 Å². The average molecular weight is 361 g/mol. The third kappa shape index (κ3) is 2.01. The summed E-state index contributed by atoms with van der Waals surface area (Å²) in [7, 11) is 0. The average Bonchev–Trinajstić information content (AvgIpc) is 2.82. The van der Waals surface area contributed by atoms with Gasteiger partial charge in [-0.1, -0.05) is 28.9 Å². The van der Waals surface area contributed by atoms with E-state index in [1.54, 1.807) is 0 Å². The number of halogens is 1. The fraction of sp³-hybridized carbons (Fsp3) is 0.444. The summed E-state index contributed by atoms with van der Waals surface area (Å²) in [5.41, 5.74) is 6.53. The van der Waals surface area contributed by atoms with Crippen LogP contribution in [0.1, 0.15) is 29.7 Å². The number of likely N-dealkylation sites (N-methyl/N-ethyl adjacent to an activating group) is 1. The highest BCUT2D eigenvalue weighted by Crippen LogP contribution is 2.44. The van der Waals surface area contributed by atoms with Gasteiger partial charge in [0, 0.05) is 39.6 Å². The first kappa shape index (κ1) is 14.5. The third-order valence-corrected chi connectivity index (χ3v) is 5.75. The van der Waals surface area contributed by atoms with Crippen molar-refractivity contribution >= 4 is 26.8 Å². The largest absolute Gasteiger partial charge is 0.392 e. The van der Waals surface area contributed by atoms with E-state index in [1.165, 1.54) is 27.7 Å². The molecule has 116 valence electrons. The number of aliphatic hydroxyl groups is 1. The molecule has 1 aliphatic heterocycles. The maximum Gasteiger partial charge on any atom is 0.0654 e. The monoisotopic (exact) mass is 360 g/mol. The van der Waals surface area contributed by atoms with Crippen molar-refractivity contribution in [1.82, 2.24) is 9.88 Å². The molecule has 1 aromatic heterocycles. The van der Waals surface area contributed by atoms with E-state index in [-0.39, 0.29) is 6.61 Å². The number of hydrogen-bond acceptors (Lipinski definition) is 2. The quantitative estimate of drug-likeness (QED) is 0.804. The number of H-pyrrole nitrogens is 1. The number of rotatable bonds is 2. The lowest BCUT2D eigenvalue weighted by atomic mass is 9.76. The normalized spacial score (nSPS) is 24.5. The van der Waals surface area contributed by atoms with Gasteiger partial charge in [0.05, 0.1) is 6.61 Å². The summed E-state index contributed by atoms with van der Waals surface area (Å²) < 4.78 is 1.12. The van der Waals surface area contributed by atoms with Gasteiger partial charge in [0.2, 0.25) is 0 Å². The van der Waals surface area contributed by atoms with Gasteiger partial charge < -0.3 is 10.1 Å². The Morgan fingerprint density at radius 3 is 2.95 bits per heavy atom. The standard InChI is InChI=1S/C18H21BrN2O/c1-3-21-8-11(9-22)4-14-15-5-12(19)6-16-18(15)13(7-17(14)21)10(2)20-16/h4-6,14,17,20,22H,3,7-9H2,1-2H3/t14-,17-/m1/s1. The van der Waals surface area contributed by atoms with Gasteiger partial charge in [-0.3, -0.25) is 4.90 Å². The SMILES string of the molecule is CCN1CC(CO)=C[C@@H]2c3cc(Br)cc4[nH]c(C)c(c34)C[C@H]21. The molecule has 1 aliphatic carbocycles. The second kappa shape index (κ2) is 5.22. The van der Waals surface area contributed by atoms with Crippen LogP contribution < -0.4 is 0 Å². The molecule has 0 spiro atoms. The maximum absolute atomic E-state index is 9.63. The van der Waals surface area contributed by atoms with Crippen molar-refractivity contribution in [2.24, 2.45) is 0 Å². The predicted octanol–water partition coefficient (Wildman–Crippen LogP) is 3.50. The number of aryl methyl sites for hydroxylation is 1. The molecular weight excluding hydrogens is 340 g/mol. The van der Waals surface area contributed by atoms with E-state index in [0.29, 0.717) is 12.0 Å². The topological polar surface area (TPSA) is 39.3 Å². The summed E-state index contributed by atoms with van der Waals surface area (Å²) in [6, 6.07) is 4.94. The Morgan fingerprint density at radius 1 is 1.41 bits per heavy atom. The molecular formula is C18H21BrN2O. The van der Waals surface area contributed by atoms with E-state index in [2.05, 4.69) is 57.9 Å². The number of fused-ring (bicyclic) bond motifs is 2. The first-order valence-electron chi connectivity index (χ1n) is 7.97. The minimum Gasteiger partial charge on any atom is -0.392 e. The van der Waals surface area contributed by atoms with Crippen molar-refractivity contribution in [1.29, 1.82) is 0 Å². The van der Waals surface area contributed by atoms with E-state index in [9.17, 15) is 5.11 Å². The lowest BCUT2D eigenvalue weighted by Gasteiger charge is -2.42. The zero-order chi connectivity index (χ0) is 15.4. The molecule has 22 heavy (non-hydrogen) atoms. The number of aromatic nitrogens is 1. The Kier molecular flexibility index (Phi) is 3.44. The first-order valence-corrected chi connectivity index (χ1v) is 8.76. The van der Waals surface area contributed by atoms with E-state index >= 15 is 0 Å². The van der Waals surface area contributed by atoms with Crippen molar-refractivity contribution in [2.75, 3.05) is 19.7 Å². The number of aromatic amines is 1. The molecule has 0 saturated carbocycles. The molecule has 4 heteroatoms. The summed E-state index contributed by atoms with van der Waals surface area (Å²) in [5.74, 6) is 0.374. The van der Waals surface area contributed by atoms with Gasteiger partial charge in [0.1, 0.15) is 0 Å². The Hall–Kier alpha value is -1.10. The van der Waals surface area contributed by atoms with Crippen LogP contribution in [0.15, 0.2) is 28.3 Å². The van der Waals surface area contributed by atoms with Gasteiger partial charge in [-0.05, 0) is 48.7 Å². The van der Waals surface area contributed by atoms with Crippen LogP contribution in [-0.4, -0.2) is 40.7 Å². The highest BCUT2D eigenvalue weighted by molar-refractivity contribution is 9.10. The van der Waals surface area contributed by atoms with Crippen LogP contribution in [0.4, 0.5) is 0 Å². The molecule has 2 N–H and O–H groups in total. The van der Waals surface area contributed by atoms with Gasteiger partial charge >= 0.3 is 0 Å². The first-order chi connectivity index (χ1) is 10.6. The molecule has 2 aromatic rings. The summed E-state index contributed by atoms with van der Waals surface area (Å²) >= 11 is 3.66. The Labute approximate surface area is 139 Å². The molecule has 0 saturated heterocycles. The highest BCUT2D eigenvalue weighted by atomic mass is 79.9. The molecule has 1 aromatic carbocycles. The van der Waals surface area contributed by atoms with Crippen LogP contribution in [0.2, 0.25) is 0 Å². The van der Waals surface area contributed by atoms with Gasteiger partial charge in [0.25, 0.3) is 0 Å². The summed E-state index contributed by atoms with van der Waals surface area (Å²) in [4.78, 5) is 6.06. The molecule has 0 bridgehead atoms. The molecule has 0 amide bonds. The minimum absolute atomic E-state index is 0.163. The predicted molar refractivity (Wildman–Crippen MR) is 93.4 cm³/mol. The van der Waals surface area contributed by atoms with E-state index in [4.69, 9.17) is 0 Å². The molecule has 0 unspecified atom stereocenters. The molecule has 2 aliphatic rings. The van der Waals surface area contributed by atoms with E-state index in [1.807, 2.05) is 0 Å². The Bertz CT molecular complexity index is 777. The van der Waals surface area contributed by atoms with Crippen molar-refractivity contribution in [3.63, 3.8) is 0 Å². The smallest absolute Gasteiger partial charge is 0.0654 e. The molecule has 0 fully saturated rings. The van der Waals surface area contributed by atoms with Crippen molar-refractivity contribution in [3.05, 3.63) is 45.1 Å². The number of benzene rings is 1. The summed E-state index contributed by atoms with van der Waals surface area (Å²) in [6.45, 7) is 6.48. The van der Waals surface area contributed by atoms with E-state index < -0.39 is 0 Å². The molecule has 2 atom stereocenters. The zero-order valence-electron chi connectivity index (χ0n) is 13.0. The number of nitrogens with one attached hydrogen (secondary N) is 1. The molecule has 3 nitrogen and oxygen atoms in total. The second-order valence-corrected chi connectivity index (χ2v) is 7.41. The maximum atomic E-state index is 9.63. The molecule has 4 rings (SSSR count). The van der Waals surface area contributed by atoms with Crippen molar-refractivity contribution in [2.45, 2.75) is 32.2 Å². The van der Waals surface area contributed by atoms with Gasteiger partial charge in [-0.2, -0.15) is 0 Å². The number of hydrogen-bond donors (Lipinski definition) is 2. The molecule has 0 radical (unpaired) electrons. The lowest BCUT2D eigenvalue weighted by molar-refractivity contribution is 0.179. The van der Waals surface area contributed by atoms with Crippen LogP contribution in [-0.2, 0) is 6.42 Å². The zero-order valence-corrected chi connectivity index (χ0v) is 14.6. The summed E-state index contributed by atoms with van der Waals surface area (Å²) in [5, 5.41) is 11.0. The second-order valence-electron chi connectivity index (χ2n) is 6.49. The van der Waals surface area contributed by atoms with Crippen molar-refractivity contribution in [3.8, 4) is 0 Å². The van der Waals surface area contributed by atoms with Crippen LogP contribution in [0.5, 0.6) is 0 Å². The third-order valence-electron chi connectivity index (χ3n) is 5.30. The van der Waals surface area contributed by atoms with Crippen LogP contribution in [0.3, 0.4) is 0 Å².